The summed E-state index contributed by atoms with van der Waals surface area (Å²) in [6, 6.07) is 16.5. The standard InChI is InChI=1S/C21H23NO3/c1-14-4-2-6-16(10-14)17-7-3-5-15(11-17)13-22-20(23)18-8-9-19(12-18)21(24)25/h2-7,10-11,18-19H,8-9,12-13H2,1H3,(H,22,23)(H,24,25)/t18-,19+/m1/s1. The summed E-state index contributed by atoms with van der Waals surface area (Å²) in [5.74, 6) is -1.38. The Hall–Kier alpha value is -2.62. The van der Waals surface area contributed by atoms with Crippen LogP contribution < -0.4 is 5.32 Å². The molecule has 0 radical (unpaired) electrons. The third kappa shape index (κ3) is 4.27. The summed E-state index contributed by atoms with van der Waals surface area (Å²) in [4.78, 5) is 23.3. The lowest BCUT2D eigenvalue weighted by atomic mass is 10.0. The molecule has 3 rings (SSSR count). The van der Waals surface area contributed by atoms with Gasteiger partial charge in [0.05, 0.1) is 5.92 Å². The minimum absolute atomic E-state index is 0.0373. The highest BCUT2D eigenvalue weighted by atomic mass is 16.4. The first-order valence-electron chi connectivity index (χ1n) is 8.69. The number of aliphatic carboxylic acids is 1. The van der Waals surface area contributed by atoms with Crippen LogP contribution in [0.3, 0.4) is 0 Å². The molecule has 0 unspecified atom stereocenters. The van der Waals surface area contributed by atoms with Gasteiger partial charge in [-0.05, 0) is 48.9 Å². The Bertz CT molecular complexity index is 784. The van der Waals surface area contributed by atoms with Crippen LogP contribution >= 0.6 is 0 Å². The van der Waals surface area contributed by atoms with Gasteiger partial charge in [-0.25, -0.2) is 0 Å². The highest BCUT2D eigenvalue weighted by Gasteiger charge is 2.33. The molecule has 2 aromatic carbocycles. The number of carbonyl (C=O) groups is 2. The van der Waals surface area contributed by atoms with E-state index < -0.39 is 5.97 Å². The molecule has 0 aromatic heterocycles. The molecule has 0 aliphatic heterocycles. The smallest absolute Gasteiger partial charge is 0.306 e. The second-order valence-corrected chi connectivity index (χ2v) is 6.83. The Morgan fingerprint density at radius 2 is 1.72 bits per heavy atom. The number of aryl methyl sites for hydroxylation is 1. The number of benzene rings is 2. The van der Waals surface area contributed by atoms with Crippen LogP contribution in [0.2, 0.25) is 0 Å². The first-order valence-corrected chi connectivity index (χ1v) is 8.69. The third-order valence-corrected chi connectivity index (χ3v) is 4.90. The molecule has 2 N–H and O–H groups in total. The average molecular weight is 337 g/mol. The lowest BCUT2D eigenvalue weighted by Gasteiger charge is -2.12. The largest absolute Gasteiger partial charge is 0.481 e. The predicted octanol–water partition coefficient (Wildman–Crippen LogP) is 3.78. The van der Waals surface area contributed by atoms with Crippen molar-refractivity contribution in [3.63, 3.8) is 0 Å². The highest BCUT2D eigenvalue weighted by Crippen LogP contribution is 2.31. The van der Waals surface area contributed by atoms with Gasteiger partial charge in [-0.15, -0.1) is 0 Å². The number of nitrogens with one attached hydrogen (secondary N) is 1. The Labute approximate surface area is 147 Å². The fourth-order valence-electron chi connectivity index (χ4n) is 3.46. The molecule has 2 atom stereocenters. The minimum atomic E-state index is -0.791. The average Bonchev–Trinajstić information content (AvgIpc) is 3.10. The Morgan fingerprint density at radius 3 is 2.40 bits per heavy atom. The summed E-state index contributed by atoms with van der Waals surface area (Å²) in [6.45, 7) is 2.53. The van der Waals surface area contributed by atoms with Crippen LogP contribution in [-0.4, -0.2) is 17.0 Å². The molecule has 0 spiro atoms. The molecule has 0 bridgehead atoms. The molecule has 2 aromatic rings. The number of carboxylic acids is 1. The Kier molecular flexibility index (Phi) is 5.17. The molecular weight excluding hydrogens is 314 g/mol. The maximum absolute atomic E-state index is 12.3. The van der Waals surface area contributed by atoms with E-state index in [0.717, 1.165) is 16.7 Å². The zero-order valence-electron chi connectivity index (χ0n) is 14.4. The zero-order valence-corrected chi connectivity index (χ0v) is 14.4. The van der Waals surface area contributed by atoms with E-state index in [1.54, 1.807) is 0 Å². The van der Waals surface area contributed by atoms with Gasteiger partial charge in [0.15, 0.2) is 0 Å². The van der Waals surface area contributed by atoms with Gasteiger partial charge < -0.3 is 10.4 Å². The number of hydrogen-bond donors (Lipinski definition) is 2. The van der Waals surface area contributed by atoms with Crippen LogP contribution in [-0.2, 0) is 16.1 Å². The van der Waals surface area contributed by atoms with Crippen LogP contribution in [0.5, 0.6) is 0 Å². The fourth-order valence-corrected chi connectivity index (χ4v) is 3.46. The van der Waals surface area contributed by atoms with E-state index >= 15 is 0 Å². The molecule has 1 aliphatic carbocycles. The molecule has 0 saturated heterocycles. The second-order valence-electron chi connectivity index (χ2n) is 6.83. The second kappa shape index (κ2) is 7.51. The molecule has 1 saturated carbocycles. The molecule has 4 nitrogen and oxygen atoms in total. The lowest BCUT2D eigenvalue weighted by molar-refractivity contribution is -0.141. The van der Waals surface area contributed by atoms with Gasteiger partial charge >= 0.3 is 5.97 Å². The van der Waals surface area contributed by atoms with Crippen LogP contribution in [0.1, 0.15) is 30.4 Å². The minimum Gasteiger partial charge on any atom is -0.481 e. The summed E-state index contributed by atoms with van der Waals surface area (Å²) >= 11 is 0. The van der Waals surface area contributed by atoms with Crippen molar-refractivity contribution in [3.05, 3.63) is 59.7 Å². The summed E-state index contributed by atoms with van der Waals surface area (Å²) in [5, 5.41) is 12.0. The maximum Gasteiger partial charge on any atom is 0.306 e. The van der Waals surface area contributed by atoms with Crippen molar-refractivity contribution in [2.24, 2.45) is 11.8 Å². The van der Waals surface area contributed by atoms with Gasteiger partial charge in [-0.3, -0.25) is 9.59 Å². The van der Waals surface area contributed by atoms with Crippen molar-refractivity contribution >= 4 is 11.9 Å². The quantitative estimate of drug-likeness (QED) is 0.872. The first-order chi connectivity index (χ1) is 12.0. The predicted molar refractivity (Wildman–Crippen MR) is 96.9 cm³/mol. The van der Waals surface area contributed by atoms with E-state index in [1.165, 1.54) is 5.56 Å². The van der Waals surface area contributed by atoms with Gasteiger partial charge in [-0.2, -0.15) is 0 Å². The molecule has 4 heteroatoms. The van der Waals surface area contributed by atoms with Crippen LogP contribution in [0.25, 0.3) is 11.1 Å². The van der Waals surface area contributed by atoms with Crippen molar-refractivity contribution < 1.29 is 14.7 Å². The topological polar surface area (TPSA) is 66.4 Å². The first kappa shape index (κ1) is 17.2. The Balaban J connectivity index is 1.61. The highest BCUT2D eigenvalue weighted by molar-refractivity contribution is 5.80. The van der Waals surface area contributed by atoms with E-state index in [0.29, 0.717) is 25.8 Å². The summed E-state index contributed by atoms with van der Waals surface area (Å²) < 4.78 is 0. The van der Waals surface area contributed by atoms with Crippen LogP contribution in [0.4, 0.5) is 0 Å². The van der Waals surface area contributed by atoms with Crippen molar-refractivity contribution in [2.45, 2.75) is 32.7 Å². The molecule has 1 aliphatic rings. The van der Waals surface area contributed by atoms with Crippen molar-refractivity contribution in [1.29, 1.82) is 0 Å². The molecule has 130 valence electrons. The van der Waals surface area contributed by atoms with Gasteiger partial charge in [0, 0.05) is 12.5 Å². The number of carboxylic acid groups (broad SMARTS) is 1. The summed E-state index contributed by atoms with van der Waals surface area (Å²) in [5.41, 5.74) is 4.54. The fraction of sp³-hybridized carbons (Fsp3) is 0.333. The number of hydrogen-bond acceptors (Lipinski definition) is 2. The monoisotopic (exact) mass is 337 g/mol. The number of carbonyl (C=O) groups excluding carboxylic acids is 1. The summed E-state index contributed by atoms with van der Waals surface area (Å²) in [6.07, 6.45) is 1.70. The van der Waals surface area contributed by atoms with Gasteiger partial charge in [-0.1, -0.05) is 48.0 Å². The molecular formula is C21H23NO3. The van der Waals surface area contributed by atoms with E-state index in [2.05, 4.69) is 42.6 Å². The van der Waals surface area contributed by atoms with E-state index in [9.17, 15) is 9.59 Å². The SMILES string of the molecule is Cc1cccc(-c2cccc(CNC(=O)[C@@H]3CC[C@H](C(=O)O)C3)c2)c1. The third-order valence-electron chi connectivity index (χ3n) is 4.90. The lowest BCUT2D eigenvalue weighted by Crippen LogP contribution is -2.29. The van der Waals surface area contributed by atoms with Crippen molar-refractivity contribution in [2.75, 3.05) is 0 Å². The number of amides is 1. The normalized spacial score (nSPS) is 19.6. The maximum atomic E-state index is 12.3. The van der Waals surface area contributed by atoms with Crippen molar-refractivity contribution in [3.8, 4) is 11.1 Å². The summed E-state index contributed by atoms with van der Waals surface area (Å²) in [7, 11) is 0. The van der Waals surface area contributed by atoms with Crippen molar-refractivity contribution in [1.82, 2.24) is 5.32 Å². The number of rotatable bonds is 5. The Morgan fingerprint density at radius 1 is 1.04 bits per heavy atom. The van der Waals surface area contributed by atoms with Gasteiger partial charge in [0.1, 0.15) is 0 Å². The van der Waals surface area contributed by atoms with E-state index in [1.807, 2.05) is 18.2 Å². The van der Waals surface area contributed by atoms with Crippen LogP contribution in [0.15, 0.2) is 48.5 Å². The van der Waals surface area contributed by atoms with Crippen LogP contribution in [0, 0.1) is 18.8 Å². The van der Waals surface area contributed by atoms with E-state index in [-0.39, 0.29) is 17.7 Å². The molecule has 25 heavy (non-hydrogen) atoms. The molecule has 0 heterocycles. The van der Waals surface area contributed by atoms with Gasteiger partial charge in [0.2, 0.25) is 5.91 Å². The van der Waals surface area contributed by atoms with Gasteiger partial charge in [0.25, 0.3) is 0 Å². The molecule has 1 fully saturated rings. The molecule has 1 amide bonds. The van der Waals surface area contributed by atoms with E-state index in [4.69, 9.17) is 5.11 Å². The zero-order chi connectivity index (χ0) is 17.8.